The maximum absolute atomic E-state index is 13.1. The zero-order chi connectivity index (χ0) is 31.5. The molecule has 10 N–H and O–H groups in total. The van der Waals surface area contributed by atoms with Gasteiger partial charge in [-0.3, -0.25) is 29.0 Å². The van der Waals surface area contributed by atoms with Crippen LogP contribution in [0.2, 0.25) is 0 Å². The van der Waals surface area contributed by atoms with Crippen LogP contribution < -0.4 is 31.5 Å². The fourth-order valence-electron chi connectivity index (χ4n) is 3.31. The van der Waals surface area contributed by atoms with Crippen molar-refractivity contribution in [1.82, 2.24) is 21.3 Å². The lowest BCUT2D eigenvalue weighted by atomic mass is 10.0. The van der Waals surface area contributed by atoms with Gasteiger partial charge in [0.1, 0.15) is 30.2 Å². The van der Waals surface area contributed by atoms with Crippen molar-refractivity contribution in [3.8, 4) is 5.75 Å². The van der Waals surface area contributed by atoms with Crippen molar-refractivity contribution in [2.75, 3.05) is 6.61 Å². The van der Waals surface area contributed by atoms with Crippen LogP contribution in [0, 0.1) is 5.92 Å². The molecule has 1 rings (SSSR count). The van der Waals surface area contributed by atoms with E-state index in [9.17, 15) is 38.8 Å². The lowest BCUT2D eigenvalue weighted by Gasteiger charge is -2.27. The average Bonchev–Trinajstić information content (AvgIpc) is 2.87. The van der Waals surface area contributed by atoms with Crippen LogP contribution in [0.5, 0.6) is 5.75 Å². The molecule has 0 heterocycles. The van der Waals surface area contributed by atoms with Crippen molar-refractivity contribution in [2.45, 2.75) is 70.4 Å². The van der Waals surface area contributed by atoms with Crippen molar-refractivity contribution < 1.29 is 53.1 Å². The topological polar surface area (TPSA) is 267 Å². The molecular formula is C24H38N5O11P. The third kappa shape index (κ3) is 12.3. The minimum absolute atomic E-state index is 0.149. The molecule has 0 spiro atoms. The van der Waals surface area contributed by atoms with Gasteiger partial charge in [-0.2, -0.15) is 0 Å². The molecule has 16 nitrogen and oxygen atoms in total. The van der Waals surface area contributed by atoms with E-state index >= 15 is 0 Å². The summed E-state index contributed by atoms with van der Waals surface area (Å²) in [5.41, 5.74) is 6.00. The van der Waals surface area contributed by atoms with E-state index in [-0.39, 0.29) is 18.1 Å². The fraction of sp³-hybridized carbons (Fsp3) is 0.542. The van der Waals surface area contributed by atoms with E-state index in [1.54, 1.807) is 13.8 Å². The minimum atomic E-state index is -4.79. The second-order valence-corrected chi connectivity index (χ2v) is 10.8. The Labute approximate surface area is 236 Å². The predicted molar refractivity (Wildman–Crippen MR) is 144 cm³/mol. The molecule has 0 aliphatic carbocycles. The number of amides is 4. The van der Waals surface area contributed by atoms with E-state index in [1.807, 2.05) is 0 Å². The highest BCUT2D eigenvalue weighted by Gasteiger charge is 2.32. The minimum Gasteiger partial charge on any atom is -0.404 e. The predicted octanol–water partition coefficient (Wildman–Crippen LogP) is -2.78. The van der Waals surface area contributed by atoms with Gasteiger partial charge in [0, 0.05) is 6.42 Å². The molecular weight excluding hydrogens is 565 g/mol. The average molecular weight is 604 g/mol. The number of phosphoric ester groups is 1. The van der Waals surface area contributed by atoms with E-state index in [1.165, 1.54) is 38.1 Å². The monoisotopic (exact) mass is 603 g/mol. The van der Waals surface area contributed by atoms with Gasteiger partial charge in [-0.25, -0.2) is 4.57 Å². The van der Waals surface area contributed by atoms with Crippen LogP contribution >= 0.6 is 7.82 Å². The van der Waals surface area contributed by atoms with Crippen LogP contribution in [0.4, 0.5) is 0 Å². The number of carbonyl (C=O) groups is 5. The highest BCUT2D eigenvalue weighted by molar-refractivity contribution is 7.46. The molecule has 0 fully saturated rings. The number of nitrogens with one attached hydrogen (secondary N) is 4. The van der Waals surface area contributed by atoms with Crippen molar-refractivity contribution in [3.63, 3.8) is 0 Å². The van der Waals surface area contributed by atoms with E-state index in [0.29, 0.717) is 11.8 Å². The Bertz CT molecular complexity index is 1110. The molecule has 6 atom stereocenters. The largest absolute Gasteiger partial charge is 0.524 e. The molecule has 0 radical (unpaired) electrons. The quantitative estimate of drug-likeness (QED) is 0.0686. The summed E-state index contributed by atoms with van der Waals surface area (Å²) in [6.07, 6.45) is -1.07. The number of rotatable bonds is 16. The number of hydrogen-bond donors (Lipinski definition) is 9. The van der Waals surface area contributed by atoms with Crippen LogP contribution in [0.3, 0.4) is 0 Å². The van der Waals surface area contributed by atoms with Crippen molar-refractivity contribution >= 4 is 37.7 Å². The molecule has 17 heteroatoms. The Balaban J connectivity index is 3.07. The van der Waals surface area contributed by atoms with Gasteiger partial charge in [0.05, 0.1) is 24.8 Å². The molecule has 0 bridgehead atoms. The summed E-state index contributed by atoms with van der Waals surface area (Å²) in [7, 11) is -4.79. The molecule has 4 amide bonds. The summed E-state index contributed by atoms with van der Waals surface area (Å²) < 4.78 is 15.5. The van der Waals surface area contributed by atoms with Crippen LogP contribution in [0.25, 0.3) is 0 Å². The summed E-state index contributed by atoms with van der Waals surface area (Å²) in [5, 5.41) is 29.2. The second-order valence-electron chi connectivity index (χ2n) is 9.66. The molecule has 0 aliphatic rings. The summed E-state index contributed by atoms with van der Waals surface area (Å²) >= 11 is 0. The summed E-state index contributed by atoms with van der Waals surface area (Å²) in [5.74, 6) is -3.95. The number of aliphatic hydroxyl groups excluding tert-OH is 2. The van der Waals surface area contributed by atoms with Crippen molar-refractivity contribution in [3.05, 3.63) is 29.8 Å². The molecule has 0 aliphatic heterocycles. The molecule has 0 aromatic heterocycles. The number of phosphoric acid groups is 1. The first-order valence-electron chi connectivity index (χ1n) is 12.5. The standard InChI is InChI=1S/C24H38N5O11P/c1-12(2)18(10-30)27-24(36)20(14(4)32)29-23(35)19(11-31)28-22(34)17(26-21(33)13(3)25)9-15-5-7-16(8-6-15)40-41(37,38)39/h5-8,10,12-14,17-20,31-32H,9,11,25H2,1-4H3,(H,26,33)(H,27,36)(H,28,34)(H,29,35)(H2,37,38,39)/t13-,14+,17-,18+,19-,20-/m0/s1. The zero-order valence-corrected chi connectivity index (χ0v) is 23.9. The molecule has 230 valence electrons. The number of hydrogen-bond acceptors (Lipinski definition) is 10. The van der Waals surface area contributed by atoms with Gasteiger partial charge < -0.3 is 46.5 Å². The van der Waals surface area contributed by atoms with E-state index < -0.39 is 74.4 Å². The SMILES string of the molecule is CC(C)[C@@H](C=O)NC(=O)[C@@H](NC(=O)[C@H](CO)NC(=O)[C@H](Cc1ccc(OP(=O)(O)O)cc1)NC(=O)[C@H](C)N)[C@@H](C)O. The maximum atomic E-state index is 13.1. The van der Waals surface area contributed by atoms with Gasteiger partial charge in [0.25, 0.3) is 0 Å². The highest BCUT2D eigenvalue weighted by atomic mass is 31.2. The number of benzene rings is 1. The third-order valence-corrected chi connectivity index (χ3v) is 6.13. The van der Waals surface area contributed by atoms with Gasteiger partial charge in [-0.1, -0.05) is 26.0 Å². The normalized spacial score (nSPS) is 15.9. The molecule has 0 unspecified atom stereocenters. The lowest BCUT2D eigenvalue weighted by Crippen LogP contribution is -2.61. The first-order valence-corrected chi connectivity index (χ1v) is 14.1. The smallest absolute Gasteiger partial charge is 0.404 e. The summed E-state index contributed by atoms with van der Waals surface area (Å²) in [4.78, 5) is 79.9. The van der Waals surface area contributed by atoms with Crippen LogP contribution in [-0.4, -0.2) is 92.8 Å². The number of aldehydes is 1. The summed E-state index contributed by atoms with van der Waals surface area (Å²) in [6, 6.07) is -1.13. The van der Waals surface area contributed by atoms with Gasteiger partial charge in [0.15, 0.2) is 0 Å². The Morgan fingerprint density at radius 2 is 1.44 bits per heavy atom. The molecule has 41 heavy (non-hydrogen) atoms. The first-order chi connectivity index (χ1) is 19.0. The van der Waals surface area contributed by atoms with Crippen LogP contribution in [0.15, 0.2) is 24.3 Å². The molecule has 0 saturated heterocycles. The van der Waals surface area contributed by atoms with Crippen LogP contribution in [0.1, 0.15) is 33.3 Å². The molecule has 0 saturated carbocycles. The first kappa shape index (κ1) is 35.6. The molecule has 1 aromatic rings. The van der Waals surface area contributed by atoms with Gasteiger partial charge in [0.2, 0.25) is 23.6 Å². The van der Waals surface area contributed by atoms with Gasteiger partial charge in [-0.05, 0) is 37.5 Å². The van der Waals surface area contributed by atoms with E-state index in [4.69, 9.17) is 15.5 Å². The Hall–Kier alpha value is -3.40. The maximum Gasteiger partial charge on any atom is 0.524 e. The van der Waals surface area contributed by atoms with Crippen molar-refractivity contribution in [2.24, 2.45) is 11.7 Å². The number of nitrogens with two attached hydrogens (primary N) is 1. The van der Waals surface area contributed by atoms with Gasteiger partial charge >= 0.3 is 7.82 Å². The molecule has 1 aromatic carbocycles. The van der Waals surface area contributed by atoms with E-state index in [0.717, 1.165) is 0 Å². The Morgan fingerprint density at radius 1 is 0.902 bits per heavy atom. The summed E-state index contributed by atoms with van der Waals surface area (Å²) in [6.45, 7) is 5.03. The van der Waals surface area contributed by atoms with Crippen molar-refractivity contribution in [1.29, 1.82) is 0 Å². The fourth-order valence-corrected chi connectivity index (χ4v) is 3.71. The lowest BCUT2D eigenvalue weighted by molar-refractivity contribution is -0.136. The zero-order valence-electron chi connectivity index (χ0n) is 23.0. The Morgan fingerprint density at radius 3 is 1.88 bits per heavy atom. The highest BCUT2D eigenvalue weighted by Crippen LogP contribution is 2.37. The van der Waals surface area contributed by atoms with Gasteiger partial charge in [-0.15, -0.1) is 0 Å². The number of aliphatic hydroxyl groups is 2. The second kappa shape index (κ2) is 16.1. The Kier molecular flexibility index (Phi) is 14.0. The van der Waals surface area contributed by atoms with Crippen LogP contribution in [-0.2, 0) is 35.0 Å². The van der Waals surface area contributed by atoms with E-state index in [2.05, 4.69) is 25.8 Å². The number of carbonyl (C=O) groups excluding carboxylic acids is 5. The third-order valence-electron chi connectivity index (χ3n) is 5.69.